The Balaban J connectivity index is 0.00000243. The van der Waals surface area contributed by atoms with E-state index in [1.165, 1.54) is 6.07 Å². The summed E-state index contributed by atoms with van der Waals surface area (Å²) in [6.07, 6.45) is 1.79. The minimum Gasteiger partial charge on any atom is -0.497 e. The molecule has 2 aromatic carbocycles. The summed E-state index contributed by atoms with van der Waals surface area (Å²) in [6.45, 7) is 1.78. The normalized spacial score (nSPS) is 14.4. The van der Waals surface area contributed by atoms with Gasteiger partial charge in [-0.2, -0.15) is 0 Å². The molecule has 0 aliphatic carbocycles. The average molecular weight is 379 g/mol. The van der Waals surface area contributed by atoms with Crippen molar-refractivity contribution in [1.29, 1.82) is 0 Å². The molecule has 1 heterocycles. The maximum atomic E-state index is 14.6. The van der Waals surface area contributed by atoms with Crippen molar-refractivity contribution in [1.82, 2.24) is 10.2 Å². The molecule has 0 unspecified atom stereocenters. The van der Waals surface area contributed by atoms with Crippen molar-refractivity contribution >= 4 is 18.3 Å². The number of piperidine rings is 1. The highest BCUT2D eigenvalue weighted by atomic mass is 35.5. The van der Waals surface area contributed by atoms with Crippen LogP contribution in [0.15, 0.2) is 42.5 Å². The van der Waals surface area contributed by atoms with Gasteiger partial charge < -0.3 is 15.0 Å². The zero-order chi connectivity index (χ0) is 17.8. The molecule has 1 N–H and O–H groups in total. The highest BCUT2D eigenvalue weighted by Crippen LogP contribution is 2.25. The van der Waals surface area contributed by atoms with Crippen molar-refractivity contribution in [3.8, 4) is 16.9 Å². The number of methoxy groups -OCH3 is 1. The Hall–Kier alpha value is -2.11. The number of carbonyl (C=O) groups excluding carboxylic acids is 1. The molecule has 0 spiro atoms. The zero-order valence-corrected chi connectivity index (χ0v) is 15.8. The van der Waals surface area contributed by atoms with Crippen LogP contribution in [0.2, 0.25) is 0 Å². The minimum absolute atomic E-state index is 0. The van der Waals surface area contributed by atoms with Gasteiger partial charge in [-0.25, -0.2) is 4.39 Å². The molecule has 140 valence electrons. The van der Waals surface area contributed by atoms with Crippen LogP contribution in [-0.2, 0) is 0 Å². The summed E-state index contributed by atoms with van der Waals surface area (Å²) < 4.78 is 19.7. The van der Waals surface area contributed by atoms with Gasteiger partial charge in [0.05, 0.1) is 12.7 Å². The van der Waals surface area contributed by atoms with Crippen LogP contribution in [0, 0.1) is 5.82 Å². The van der Waals surface area contributed by atoms with Gasteiger partial charge in [-0.3, -0.25) is 4.79 Å². The molecular formula is C20H24ClFN2O2. The summed E-state index contributed by atoms with van der Waals surface area (Å²) in [5, 5.41) is 3.27. The predicted molar refractivity (Wildman–Crippen MR) is 104 cm³/mol. The number of benzene rings is 2. The highest BCUT2D eigenvalue weighted by Gasteiger charge is 2.24. The number of carbonyl (C=O) groups is 1. The summed E-state index contributed by atoms with van der Waals surface area (Å²) in [7, 11) is 3.36. The first-order valence-electron chi connectivity index (χ1n) is 8.52. The number of halogens is 2. The van der Waals surface area contributed by atoms with Gasteiger partial charge in [-0.1, -0.05) is 18.2 Å². The van der Waals surface area contributed by atoms with Gasteiger partial charge in [0.1, 0.15) is 11.6 Å². The summed E-state index contributed by atoms with van der Waals surface area (Å²) in [5.41, 5.74) is 1.74. The molecule has 2 aromatic rings. The molecule has 26 heavy (non-hydrogen) atoms. The molecule has 0 bridgehead atoms. The fourth-order valence-corrected chi connectivity index (χ4v) is 3.20. The molecule has 1 amide bonds. The van der Waals surface area contributed by atoms with Gasteiger partial charge in [0.15, 0.2) is 0 Å². The van der Waals surface area contributed by atoms with Crippen molar-refractivity contribution in [2.24, 2.45) is 0 Å². The molecule has 0 atom stereocenters. The highest BCUT2D eigenvalue weighted by molar-refractivity contribution is 5.95. The first-order chi connectivity index (χ1) is 12.1. The van der Waals surface area contributed by atoms with Crippen molar-refractivity contribution in [2.75, 3.05) is 27.2 Å². The van der Waals surface area contributed by atoms with Gasteiger partial charge in [0, 0.05) is 13.1 Å². The van der Waals surface area contributed by atoms with Crippen molar-refractivity contribution in [3.63, 3.8) is 0 Å². The van der Waals surface area contributed by atoms with E-state index in [-0.39, 0.29) is 29.9 Å². The van der Waals surface area contributed by atoms with E-state index in [4.69, 9.17) is 4.74 Å². The second-order valence-corrected chi connectivity index (χ2v) is 6.32. The fourth-order valence-electron chi connectivity index (χ4n) is 3.20. The largest absolute Gasteiger partial charge is 0.497 e. The van der Waals surface area contributed by atoms with E-state index in [0.29, 0.717) is 0 Å². The van der Waals surface area contributed by atoms with Crippen molar-refractivity contribution in [3.05, 3.63) is 53.8 Å². The topological polar surface area (TPSA) is 41.6 Å². The first kappa shape index (κ1) is 20.2. The standard InChI is InChI=1S/C20H23FN2O2.ClH/c1-23(16-9-11-22-12-10-16)20(24)18-8-5-15(13-19(18)21)14-3-6-17(25-2)7-4-14;/h3-8,13,16,22H,9-12H2,1-2H3;1H. The van der Waals surface area contributed by atoms with Crippen LogP contribution in [0.25, 0.3) is 11.1 Å². The van der Waals surface area contributed by atoms with Crippen molar-refractivity contribution in [2.45, 2.75) is 18.9 Å². The third kappa shape index (κ3) is 4.34. The molecule has 0 saturated carbocycles. The third-order valence-corrected chi connectivity index (χ3v) is 4.80. The molecule has 6 heteroatoms. The van der Waals surface area contributed by atoms with Gasteiger partial charge in [-0.15, -0.1) is 12.4 Å². The van der Waals surface area contributed by atoms with E-state index in [0.717, 1.165) is 42.8 Å². The van der Waals surface area contributed by atoms with Gasteiger partial charge >= 0.3 is 0 Å². The second-order valence-electron chi connectivity index (χ2n) is 6.32. The van der Waals surface area contributed by atoms with Crippen LogP contribution in [0.3, 0.4) is 0 Å². The monoisotopic (exact) mass is 378 g/mol. The van der Waals surface area contributed by atoms with Crippen molar-refractivity contribution < 1.29 is 13.9 Å². The van der Waals surface area contributed by atoms with E-state index < -0.39 is 5.82 Å². The van der Waals surface area contributed by atoms with E-state index >= 15 is 0 Å². The first-order valence-corrected chi connectivity index (χ1v) is 8.52. The predicted octanol–water partition coefficient (Wildman–Crippen LogP) is 3.75. The number of rotatable bonds is 4. The van der Waals surface area contributed by atoms with Crippen LogP contribution in [0.1, 0.15) is 23.2 Å². The molecule has 1 aliphatic rings. The number of ether oxygens (including phenoxy) is 1. The van der Waals surface area contributed by atoms with Crippen LogP contribution in [-0.4, -0.2) is 44.1 Å². The Morgan fingerprint density at radius 2 is 1.73 bits per heavy atom. The minimum atomic E-state index is -0.487. The second kappa shape index (κ2) is 9.01. The number of nitrogens with one attached hydrogen (secondary N) is 1. The Bertz CT molecular complexity index is 746. The van der Waals surface area contributed by atoms with Crippen LogP contribution in [0.4, 0.5) is 4.39 Å². The molecule has 4 nitrogen and oxygen atoms in total. The lowest BCUT2D eigenvalue weighted by Crippen LogP contribution is -2.44. The van der Waals surface area contributed by atoms with Gasteiger partial charge in [0.2, 0.25) is 0 Å². The van der Waals surface area contributed by atoms with E-state index in [1.54, 1.807) is 31.2 Å². The van der Waals surface area contributed by atoms with E-state index in [9.17, 15) is 9.18 Å². The third-order valence-electron chi connectivity index (χ3n) is 4.80. The fraction of sp³-hybridized carbons (Fsp3) is 0.350. The Labute approximate surface area is 159 Å². The summed E-state index contributed by atoms with van der Waals surface area (Å²) in [4.78, 5) is 14.3. The summed E-state index contributed by atoms with van der Waals surface area (Å²) >= 11 is 0. The lowest BCUT2D eigenvalue weighted by atomic mass is 10.0. The number of hydrogen-bond donors (Lipinski definition) is 1. The Morgan fingerprint density at radius 3 is 2.31 bits per heavy atom. The van der Waals surface area contributed by atoms with E-state index in [2.05, 4.69) is 5.32 Å². The summed E-state index contributed by atoms with van der Waals surface area (Å²) in [6, 6.07) is 12.4. The maximum absolute atomic E-state index is 14.6. The lowest BCUT2D eigenvalue weighted by Gasteiger charge is -2.31. The lowest BCUT2D eigenvalue weighted by molar-refractivity contribution is 0.0698. The molecule has 3 rings (SSSR count). The molecule has 1 aliphatic heterocycles. The van der Waals surface area contributed by atoms with Crippen LogP contribution >= 0.6 is 12.4 Å². The smallest absolute Gasteiger partial charge is 0.256 e. The SMILES string of the molecule is COc1ccc(-c2ccc(C(=O)N(C)C3CCNCC3)c(F)c2)cc1.Cl. The Kier molecular flexibility index (Phi) is 7.00. The number of nitrogens with zero attached hydrogens (tertiary/aromatic N) is 1. The van der Waals surface area contributed by atoms with Crippen LogP contribution < -0.4 is 10.1 Å². The number of amides is 1. The molecule has 1 saturated heterocycles. The quantitative estimate of drug-likeness (QED) is 0.881. The molecular weight excluding hydrogens is 355 g/mol. The maximum Gasteiger partial charge on any atom is 0.256 e. The zero-order valence-electron chi connectivity index (χ0n) is 15.0. The van der Waals surface area contributed by atoms with Gasteiger partial charge in [-0.05, 0) is 61.3 Å². The van der Waals surface area contributed by atoms with Crippen LogP contribution in [0.5, 0.6) is 5.75 Å². The molecule has 1 fully saturated rings. The number of hydrogen-bond acceptors (Lipinski definition) is 3. The summed E-state index contributed by atoms with van der Waals surface area (Å²) in [5.74, 6) is 0.00407. The van der Waals surface area contributed by atoms with Gasteiger partial charge in [0.25, 0.3) is 5.91 Å². The molecule has 0 radical (unpaired) electrons. The Morgan fingerprint density at radius 1 is 1.12 bits per heavy atom. The average Bonchev–Trinajstić information content (AvgIpc) is 2.67. The molecule has 0 aromatic heterocycles. The van der Waals surface area contributed by atoms with E-state index in [1.807, 2.05) is 24.3 Å².